The molecule has 0 unspecified atom stereocenters. The van der Waals surface area contributed by atoms with E-state index in [2.05, 4.69) is 18.7 Å². The standard InChI is InChI=1S/C9H8OS/c11-9-6-5-7-3-1-2-4-8(7)10-9/h1-4,6,11H,5H2. The minimum absolute atomic E-state index is 0.698. The maximum atomic E-state index is 5.36. The Kier molecular flexibility index (Phi) is 1.62. The van der Waals surface area contributed by atoms with Gasteiger partial charge < -0.3 is 4.74 Å². The first kappa shape index (κ1) is 6.80. The minimum Gasteiger partial charge on any atom is -0.451 e. The Morgan fingerprint density at radius 1 is 1.27 bits per heavy atom. The van der Waals surface area contributed by atoms with Crippen LogP contribution in [0.1, 0.15) is 5.56 Å². The SMILES string of the molecule is SC1=CCc2ccccc2O1. The summed E-state index contributed by atoms with van der Waals surface area (Å²) in [5.74, 6) is 0.931. The van der Waals surface area contributed by atoms with Gasteiger partial charge in [0, 0.05) is 0 Å². The molecule has 0 amide bonds. The Morgan fingerprint density at radius 3 is 3.00 bits per heavy atom. The molecule has 0 radical (unpaired) electrons. The van der Waals surface area contributed by atoms with Gasteiger partial charge >= 0.3 is 0 Å². The fourth-order valence-corrected chi connectivity index (χ4v) is 1.31. The maximum Gasteiger partial charge on any atom is 0.154 e. The molecule has 0 aromatic heterocycles. The number of allylic oxidation sites excluding steroid dienone is 1. The van der Waals surface area contributed by atoms with Crippen LogP contribution in [0, 0.1) is 0 Å². The third kappa shape index (κ3) is 1.26. The van der Waals surface area contributed by atoms with E-state index in [4.69, 9.17) is 4.74 Å². The fourth-order valence-electron chi connectivity index (χ4n) is 1.12. The van der Waals surface area contributed by atoms with Crippen LogP contribution in [0.3, 0.4) is 0 Å². The molecule has 1 heterocycles. The van der Waals surface area contributed by atoms with E-state index in [-0.39, 0.29) is 0 Å². The Morgan fingerprint density at radius 2 is 2.09 bits per heavy atom. The second kappa shape index (κ2) is 2.62. The van der Waals surface area contributed by atoms with Gasteiger partial charge in [-0.05, 0) is 24.1 Å². The Labute approximate surface area is 71.1 Å². The van der Waals surface area contributed by atoms with Gasteiger partial charge in [-0.1, -0.05) is 18.2 Å². The molecular weight excluding hydrogens is 156 g/mol. The number of ether oxygens (including phenoxy) is 1. The van der Waals surface area contributed by atoms with Gasteiger partial charge in [0.2, 0.25) is 0 Å². The summed E-state index contributed by atoms with van der Waals surface area (Å²) in [7, 11) is 0. The van der Waals surface area contributed by atoms with Gasteiger partial charge in [0.15, 0.2) is 5.09 Å². The van der Waals surface area contributed by atoms with Crippen molar-refractivity contribution in [2.45, 2.75) is 6.42 Å². The highest BCUT2D eigenvalue weighted by molar-refractivity contribution is 7.84. The van der Waals surface area contributed by atoms with Crippen molar-refractivity contribution in [3.63, 3.8) is 0 Å². The molecule has 0 saturated carbocycles. The predicted octanol–water partition coefficient (Wildman–Crippen LogP) is 2.39. The molecular formula is C9H8OS. The Balaban J connectivity index is 2.42. The summed E-state index contributed by atoms with van der Waals surface area (Å²) >= 11 is 4.12. The number of benzene rings is 1. The van der Waals surface area contributed by atoms with Crippen molar-refractivity contribution >= 4 is 12.6 Å². The lowest BCUT2D eigenvalue weighted by Crippen LogP contribution is -1.99. The third-order valence-electron chi connectivity index (χ3n) is 1.68. The molecule has 11 heavy (non-hydrogen) atoms. The van der Waals surface area contributed by atoms with E-state index in [9.17, 15) is 0 Å². The first-order valence-electron chi connectivity index (χ1n) is 3.51. The van der Waals surface area contributed by atoms with E-state index in [0.29, 0.717) is 5.09 Å². The summed E-state index contributed by atoms with van der Waals surface area (Å²) in [6.45, 7) is 0. The van der Waals surface area contributed by atoms with Gasteiger partial charge in [-0.15, -0.1) is 12.6 Å². The molecule has 0 atom stereocenters. The van der Waals surface area contributed by atoms with Crippen LogP contribution in [-0.4, -0.2) is 0 Å². The van der Waals surface area contributed by atoms with Crippen molar-refractivity contribution in [2.75, 3.05) is 0 Å². The van der Waals surface area contributed by atoms with Gasteiger partial charge in [0.05, 0.1) is 0 Å². The highest BCUT2D eigenvalue weighted by Crippen LogP contribution is 2.26. The highest BCUT2D eigenvalue weighted by atomic mass is 32.1. The second-order valence-electron chi connectivity index (χ2n) is 2.46. The van der Waals surface area contributed by atoms with Gasteiger partial charge in [-0.25, -0.2) is 0 Å². The van der Waals surface area contributed by atoms with E-state index < -0.39 is 0 Å². The Bertz CT molecular complexity index is 304. The largest absolute Gasteiger partial charge is 0.451 e. The summed E-state index contributed by atoms with van der Waals surface area (Å²) in [5.41, 5.74) is 1.23. The summed E-state index contributed by atoms with van der Waals surface area (Å²) < 4.78 is 5.36. The van der Waals surface area contributed by atoms with Crippen LogP contribution >= 0.6 is 12.6 Å². The summed E-state index contributed by atoms with van der Waals surface area (Å²) in [4.78, 5) is 0. The van der Waals surface area contributed by atoms with E-state index in [1.165, 1.54) is 5.56 Å². The van der Waals surface area contributed by atoms with Crippen LogP contribution < -0.4 is 4.74 Å². The molecule has 2 heteroatoms. The van der Waals surface area contributed by atoms with Crippen molar-refractivity contribution in [2.24, 2.45) is 0 Å². The highest BCUT2D eigenvalue weighted by Gasteiger charge is 2.07. The first-order chi connectivity index (χ1) is 5.36. The molecule has 0 aliphatic carbocycles. The molecule has 0 fully saturated rings. The number of fused-ring (bicyclic) bond motifs is 1. The topological polar surface area (TPSA) is 9.23 Å². The smallest absolute Gasteiger partial charge is 0.154 e. The van der Waals surface area contributed by atoms with Crippen LogP contribution in [0.4, 0.5) is 0 Å². The summed E-state index contributed by atoms with van der Waals surface area (Å²) in [6, 6.07) is 8.00. The molecule has 0 N–H and O–H groups in total. The minimum atomic E-state index is 0.698. The summed E-state index contributed by atoms with van der Waals surface area (Å²) in [6.07, 6.45) is 2.89. The molecule has 2 rings (SSSR count). The van der Waals surface area contributed by atoms with Gasteiger partial charge in [-0.3, -0.25) is 0 Å². The van der Waals surface area contributed by atoms with Gasteiger partial charge in [-0.2, -0.15) is 0 Å². The lowest BCUT2D eigenvalue weighted by Gasteiger charge is -2.13. The van der Waals surface area contributed by atoms with Crippen molar-refractivity contribution in [3.8, 4) is 5.75 Å². The lowest BCUT2D eigenvalue weighted by molar-refractivity contribution is 0.451. The first-order valence-corrected chi connectivity index (χ1v) is 3.96. The lowest BCUT2D eigenvalue weighted by atomic mass is 10.1. The van der Waals surface area contributed by atoms with Crippen LogP contribution in [0.5, 0.6) is 5.75 Å². The molecule has 0 saturated heterocycles. The van der Waals surface area contributed by atoms with Crippen molar-refractivity contribution in [1.82, 2.24) is 0 Å². The summed E-state index contributed by atoms with van der Waals surface area (Å²) in [5, 5.41) is 0.698. The average Bonchev–Trinajstić information content (AvgIpc) is 2.04. The molecule has 1 aliphatic rings. The van der Waals surface area contributed by atoms with Gasteiger partial charge in [0.1, 0.15) is 5.75 Å². The number of rotatable bonds is 0. The molecule has 0 bridgehead atoms. The van der Waals surface area contributed by atoms with Crippen LogP contribution in [0.2, 0.25) is 0 Å². The number of para-hydroxylation sites is 1. The average molecular weight is 164 g/mol. The molecule has 0 spiro atoms. The molecule has 1 aromatic carbocycles. The van der Waals surface area contributed by atoms with E-state index in [0.717, 1.165) is 12.2 Å². The van der Waals surface area contributed by atoms with E-state index >= 15 is 0 Å². The zero-order chi connectivity index (χ0) is 7.68. The van der Waals surface area contributed by atoms with Crippen molar-refractivity contribution < 1.29 is 4.74 Å². The van der Waals surface area contributed by atoms with E-state index in [1.54, 1.807) is 0 Å². The zero-order valence-electron chi connectivity index (χ0n) is 5.95. The normalized spacial score (nSPS) is 14.8. The van der Waals surface area contributed by atoms with Crippen molar-refractivity contribution in [3.05, 3.63) is 41.0 Å². The maximum absolute atomic E-state index is 5.36. The number of hydrogen-bond donors (Lipinski definition) is 1. The molecule has 1 aliphatic heterocycles. The second-order valence-corrected chi connectivity index (χ2v) is 2.90. The van der Waals surface area contributed by atoms with Crippen molar-refractivity contribution in [1.29, 1.82) is 0 Å². The molecule has 1 nitrogen and oxygen atoms in total. The third-order valence-corrected chi connectivity index (χ3v) is 1.96. The number of hydrogen-bond acceptors (Lipinski definition) is 2. The quantitative estimate of drug-likeness (QED) is 0.579. The van der Waals surface area contributed by atoms with Crippen LogP contribution in [0.15, 0.2) is 35.4 Å². The van der Waals surface area contributed by atoms with E-state index in [1.807, 2.05) is 24.3 Å². The van der Waals surface area contributed by atoms with Gasteiger partial charge in [0.25, 0.3) is 0 Å². The predicted molar refractivity (Wildman–Crippen MR) is 47.8 cm³/mol. The molecule has 56 valence electrons. The van der Waals surface area contributed by atoms with Crippen LogP contribution in [0.25, 0.3) is 0 Å². The van der Waals surface area contributed by atoms with Crippen LogP contribution in [-0.2, 0) is 6.42 Å². The fraction of sp³-hybridized carbons (Fsp3) is 0.111. The molecule has 1 aromatic rings. The zero-order valence-corrected chi connectivity index (χ0v) is 6.84. The monoisotopic (exact) mass is 164 g/mol. The number of thiol groups is 1. The Hall–Kier alpha value is -0.890.